The van der Waals surface area contributed by atoms with E-state index in [9.17, 15) is 25.0 Å². The van der Waals surface area contributed by atoms with Crippen LogP contribution in [-0.2, 0) is 11.3 Å². The Morgan fingerprint density at radius 3 is 2.46 bits per heavy atom. The lowest BCUT2D eigenvalue weighted by Gasteiger charge is -2.08. The smallest absolute Gasteiger partial charge is 0.312 e. The molecule has 1 N–H and O–H groups in total. The highest BCUT2D eigenvalue weighted by atomic mass is 79.9. The number of aryl methyl sites for hydroxylation is 1. The number of nitro benzene ring substituents is 1. The normalized spacial score (nSPS) is 10.5. The second-order valence-electron chi connectivity index (χ2n) is 4.90. The lowest BCUT2D eigenvalue weighted by molar-refractivity contribution is -0.386. The summed E-state index contributed by atoms with van der Waals surface area (Å²) in [6.07, 6.45) is 0. The second-order valence-corrected chi connectivity index (χ2v) is 5.76. The molecule has 0 saturated carbocycles. The third kappa shape index (κ3) is 3.56. The molecule has 1 heterocycles. The van der Waals surface area contributed by atoms with Gasteiger partial charge >= 0.3 is 5.69 Å². The molecule has 0 aliphatic heterocycles. The van der Waals surface area contributed by atoms with Gasteiger partial charge in [0.2, 0.25) is 5.91 Å². The van der Waals surface area contributed by atoms with E-state index in [1.165, 1.54) is 36.7 Å². The Kier molecular flexibility index (Phi) is 4.93. The van der Waals surface area contributed by atoms with E-state index in [0.717, 1.165) is 0 Å². The molecule has 0 bridgehead atoms. The largest absolute Gasteiger partial charge is 0.323 e. The molecule has 1 amide bonds. The molecule has 1 aromatic heterocycles. The van der Waals surface area contributed by atoms with E-state index < -0.39 is 15.8 Å². The molecule has 0 atom stereocenters. The molecule has 0 spiro atoms. The van der Waals surface area contributed by atoms with Gasteiger partial charge in [-0.2, -0.15) is 5.10 Å². The van der Waals surface area contributed by atoms with Crippen molar-refractivity contribution < 1.29 is 14.6 Å². The molecule has 0 saturated heterocycles. The second kappa shape index (κ2) is 6.74. The van der Waals surface area contributed by atoms with Gasteiger partial charge in [-0.1, -0.05) is 0 Å². The number of anilines is 1. The van der Waals surface area contributed by atoms with E-state index in [1.807, 2.05) is 0 Å². The van der Waals surface area contributed by atoms with Crippen LogP contribution in [0.5, 0.6) is 0 Å². The highest BCUT2D eigenvalue weighted by Gasteiger charge is 2.23. The first-order valence-corrected chi connectivity index (χ1v) is 7.42. The number of nitrogens with one attached hydrogen (secondary N) is 1. The number of hydrogen-bond donors (Lipinski definition) is 1. The number of benzene rings is 1. The molecule has 10 nitrogen and oxygen atoms in total. The summed E-state index contributed by atoms with van der Waals surface area (Å²) in [6.45, 7) is 2.78. The molecular formula is C13H12BrN5O5. The van der Waals surface area contributed by atoms with Gasteiger partial charge in [0.15, 0.2) is 0 Å². The number of rotatable bonds is 5. The van der Waals surface area contributed by atoms with E-state index in [1.54, 1.807) is 0 Å². The Morgan fingerprint density at radius 2 is 1.96 bits per heavy atom. The number of nitrogens with zero attached hydrogens (tertiary/aromatic N) is 4. The van der Waals surface area contributed by atoms with E-state index in [4.69, 9.17) is 0 Å². The van der Waals surface area contributed by atoms with Gasteiger partial charge in [0.05, 0.1) is 15.5 Å². The van der Waals surface area contributed by atoms with Crippen LogP contribution in [0.3, 0.4) is 0 Å². The zero-order valence-electron chi connectivity index (χ0n) is 12.6. The number of carbonyl (C=O) groups is 1. The van der Waals surface area contributed by atoms with E-state index in [-0.39, 0.29) is 29.3 Å². The first-order valence-electron chi connectivity index (χ1n) is 6.63. The molecule has 0 aliphatic carbocycles. The topological polar surface area (TPSA) is 133 Å². The maximum atomic E-state index is 12.1. The van der Waals surface area contributed by atoms with Crippen molar-refractivity contribution in [3.05, 3.63) is 54.3 Å². The molecule has 2 rings (SSSR count). The number of non-ortho nitro benzene ring substituents is 1. The number of halogens is 1. The van der Waals surface area contributed by atoms with Crippen molar-refractivity contribution in [3.63, 3.8) is 0 Å². The summed E-state index contributed by atoms with van der Waals surface area (Å²) in [5.74, 6) is -0.468. The van der Waals surface area contributed by atoms with Gasteiger partial charge < -0.3 is 5.32 Å². The van der Waals surface area contributed by atoms with Gasteiger partial charge in [-0.15, -0.1) is 0 Å². The zero-order valence-corrected chi connectivity index (χ0v) is 14.2. The van der Waals surface area contributed by atoms with E-state index in [2.05, 4.69) is 26.3 Å². The standard InChI is InChI=1S/C13H12BrN5O5/c1-7-13(19(23)24)8(2)17(16-7)6-12(20)15-11-4-3-9(18(21)22)5-10(11)14/h3-5H,6H2,1-2H3,(H,15,20). The summed E-state index contributed by atoms with van der Waals surface area (Å²) >= 11 is 3.15. The number of aromatic nitrogens is 2. The van der Waals surface area contributed by atoms with Gasteiger partial charge in [-0.25, -0.2) is 0 Å². The van der Waals surface area contributed by atoms with Crippen LogP contribution in [0.2, 0.25) is 0 Å². The van der Waals surface area contributed by atoms with Gasteiger partial charge in [0, 0.05) is 16.6 Å². The highest BCUT2D eigenvalue weighted by molar-refractivity contribution is 9.10. The molecule has 126 valence electrons. The molecule has 0 radical (unpaired) electrons. The number of nitro groups is 2. The van der Waals surface area contributed by atoms with Crippen molar-refractivity contribution in [2.24, 2.45) is 0 Å². The van der Waals surface area contributed by atoms with E-state index in [0.29, 0.717) is 10.2 Å². The Labute approximate surface area is 143 Å². The molecular weight excluding hydrogens is 386 g/mol. The van der Waals surface area contributed by atoms with Crippen molar-refractivity contribution in [1.82, 2.24) is 9.78 Å². The Morgan fingerprint density at radius 1 is 1.29 bits per heavy atom. The summed E-state index contributed by atoms with van der Waals surface area (Å²) in [4.78, 5) is 32.6. The van der Waals surface area contributed by atoms with Crippen molar-refractivity contribution in [1.29, 1.82) is 0 Å². The third-order valence-electron chi connectivity index (χ3n) is 3.26. The highest BCUT2D eigenvalue weighted by Crippen LogP contribution is 2.27. The van der Waals surface area contributed by atoms with Crippen molar-refractivity contribution >= 4 is 38.9 Å². The Bertz CT molecular complexity index is 848. The maximum absolute atomic E-state index is 12.1. The monoisotopic (exact) mass is 397 g/mol. The van der Waals surface area contributed by atoms with E-state index >= 15 is 0 Å². The molecule has 2 aromatic rings. The van der Waals surface area contributed by atoms with Crippen molar-refractivity contribution in [3.8, 4) is 0 Å². The van der Waals surface area contributed by atoms with Gasteiger partial charge in [-0.3, -0.25) is 29.7 Å². The molecule has 1 aromatic carbocycles. The predicted octanol–water partition coefficient (Wildman–Crippen LogP) is 2.72. The fourth-order valence-electron chi connectivity index (χ4n) is 2.15. The summed E-state index contributed by atoms with van der Waals surface area (Å²) in [7, 11) is 0. The lowest BCUT2D eigenvalue weighted by atomic mass is 10.3. The van der Waals surface area contributed by atoms with Crippen LogP contribution in [0, 0.1) is 34.1 Å². The van der Waals surface area contributed by atoms with Crippen molar-refractivity contribution in [2.45, 2.75) is 20.4 Å². The first-order chi connectivity index (χ1) is 11.2. The van der Waals surface area contributed by atoms with Crippen LogP contribution in [0.4, 0.5) is 17.1 Å². The molecule has 0 aliphatic rings. The van der Waals surface area contributed by atoms with Crippen LogP contribution in [0.15, 0.2) is 22.7 Å². The summed E-state index contributed by atoms with van der Waals surface area (Å²) in [5, 5.41) is 28.2. The summed E-state index contributed by atoms with van der Waals surface area (Å²) in [5.41, 5.74) is 0.604. The molecule has 11 heteroatoms. The predicted molar refractivity (Wildman–Crippen MR) is 87.8 cm³/mol. The Balaban J connectivity index is 2.16. The van der Waals surface area contributed by atoms with Crippen molar-refractivity contribution in [2.75, 3.05) is 5.32 Å². The number of carbonyl (C=O) groups excluding carboxylic acids is 1. The quantitative estimate of drug-likeness (QED) is 0.608. The van der Waals surface area contributed by atoms with Crippen LogP contribution in [-0.4, -0.2) is 25.5 Å². The average Bonchev–Trinajstić information content (AvgIpc) is 2.75. The SMILES string of the molecule is Cc1nn(CC(=O)Nc2ccc([N+](=O)[O-])cc2Br)c(C)c1[N+](=O)[O-]. The average molecular weight is 398 g/mol. The number of hydrogen-bond acceptors (Lipinski definition) is 6. The third-order valence-corrected chi connectivity index (χ3v) is 3.91. The lowest BCUT2D eigenvalue weighted by Crippen LogP contribution is -2.20. The minimum atomic E-state index is -0.550. The fraction of sp³-hybridized carbons (Fsp3) is 0.231. The molecule has 0 unspecified atom stereocenters. The molecule has 24 heavy (non-hydrogen) atoms. The minimum absolute atomic E-state index is 0.117. The van der Waals surface area contributed by atoms with Crippen LogP contribution < -0.4 is 5.32 Å². The number of amides is 1. The fourth-order valence-corrected chi connectivity index (χ4v) is 2.62. The molecule has 0 fully saturated rings. The van der Waals surface area contributed by atoms with Gasteiger partial charge in [0.1, 0.15) is 17.9 Å². The maximum Gasteiger partial charge on any atom is 0.312 e. The minimum Gasteiger partial charge on any atom is -0.323 e. The summed E-state index contributed by atoms with van der Waals surface area (Å²) < 4.78 is 1.59. The zero-order chi connectivity index (χ0) is 18.0. The summed E-state index contributed by atoms with van der Waals surface area (Å²) in [6, 6.07) is 3.92. The van der Waals surface area contributed by atoms with Crippen LogP contribution in [0.25, 0.3) is 0 Å². The van der Waals surface area contributed by atoms with Crippen LogP contribution >= 0.6 is 15.9 Å². The van der Waals surface area contributed by atoms with Gasteiger partial charge in [-0.05, 0) is 35.8 Å². The van der Waals surface area contributed by atoms with Crippen LogP contribution in [0.1, 0.15) is 11.4 Å². The Hall–Kier alpha value is -2.82. The van der Waals surface area contributed by atoms with Gasteiger partial charge in [0.25, 0.3) is 5.69 Å². The first kappa shape index (κ1) is 17.5.